The van der Waals surface area contributed by atoms with Crippen LogP contribution in [0.5, 0.6) is 11.5 Å². The van der Waals surface area contributed by atoms with Crippen molar-refractivity contribution < 1.29 is 13.9 Å². The zero-order chi connectivity index (χ0) is 22.8. The fraction of sp³-hybridized carbons (Fsp3) is 0.0833. The van der Waals surface area contributed by atoms with Crippen LogP contribution in [0.2, 0.25) is 10.0 Å². The minimum Gasteiger partial charge on any atom is -0.453 e. The molecular weight excluding hydrogens is 452 g/mol. The van der Waals surface area contributed by atoms with Crippen LogP contribution in [0.4, 0.5) is 4.39 Å². The van der Waals surface area contributed by atoms with Gasteiger partial charge in [0.05, 0.1) is 16.7 Å². The number of aromatic amines is 1. The van der Waals surface area contributed by atoms with Crippen molar-refractivity contribution in [1.29, 1.82) is 5.26 Å². The van der Waals surface area contributed by atoms with Gasteiger partial charge < -0.3 is 15.0 Å². The predicted molar refractivity (Wildman–Crippen MR) is 122 cm³/mol. The maximum absolute atomic E-state index is 15.1. The van der Waals surface area contributed by atoms with Crippen LogP contribution in [0.3, 0.4) is 0 Å². The molecule has 1 amide bonds. The highest BCUT2D eigenvalue weighted by Gasteiger charge is 2.17. The number of carbonyl (C=O) groups is 1. The molecule has 0 atom stereocenters. The van der Waals surface area contributed by atoms with Gasteiger partial charge in [0.15, 0.2) is 11.6 Å². The summed E-state index contributed by atoms with van der Waals surface area (Å²) in [5, 5.41) is 13.0. The molecule has 0 radical (unpaired) electrons. The van der Waals surface area contributed by atoms with Gasteiger partial charge in [-0.25, -0.2) is 4.39 Å². The Labute approximate surface area is 193 Å². The summed E-state index contributed by atoms with van der Waals surface area (Å²) in [6.45, 7) is 1.87. The molecule has 0 bridgehead atoms. The molecule has 3 aromatic carbocycles. The quantitative estimate of drug-likeness (QED) is 0.350. The van der Waals surface area contributed by atoms with Crippen molar-refractivity contribution >= 4 is 40.0 Å². The SMILES string of the molecule is Cc1cccc2cc(C(=O)NCc3ccc(Cl)c(Oc4cc(Cl)cc(C#N)c4)c3F)[nH]c12. The zero-order valence-electron chi connectivity index (χ0n) is 16.8. The van der Waals surface area contributed by atoms with Crippen LogP contribution in [-0.2, 0) is 6.54 Å². The Morgan fingerprint density at radius 3 is 2.75 bits per heavy atom. The Hall–Kier alpha value is -3.53. The van der Waals surface area contributed by atoms with E-state index in [1.54, 1.807) is 6.07 Å². The van der Waals surface area contributed by atoms with Crippen LogP contribution < -0.4 is 10.1 Å². The number of amides is 1. The number of nitriles is 1. The van der Waals surface area contributed by atoms with Gasteiger partial charge in [-0.05, 0) is 42.8 Å². The number of hydrogen-bond acceptors (Lipinski definition) is 3. The topological polar surface area (TPSA) is 77.9 Å². The third-order valence-electron chi connectivity index (χ3n) is 4.90. The highest BCUT2D eigenvalue weighted by molar-refractivity contribution is 6.32. The third-order valence-corrected chi connectivity index (χ3v) is 5.41. The first-order valence-electron chi connectivity index (χ1n) is 9.57. The molecule has 0 fully saturated rings. The number of para-hydroxylation sites is 1. The molecule has 160 valence electrons. The summed E-state index contributed by atoms with van der Waals surface area (Å²) in [7, 11) is 0. The number of rotatable bonds is 5. The Balaban J connectivity index is 1.54. The lowest BCUT2D eigenvalue weighted by atomic mass is 10.1. The highest BCUT2D eigenvalue weighted by Crippen LogP contribution is 2.35. The Bertz CT molecular complexity index is 1390. The lowest BCUT2D eigenvalue weighted by Gasteiger charge is -2.13. The van der Waals surface area contributed by atoms with E-state index in [0.717, 1.165) is 16.5 Å². The molecule has 0 aliphatic carbocycles. The first kappa shape index (κ1) is 21.7. The number of halogens is 3. The molecule has 1 aromatic heterocycles. The van der Waals surface area contributed by atoms with E-state index in [4.69, 9.17) is 33.2 Å². The molecule has 0 unspecified atom stereocenters. The number of hydrogen-bond donors (Lipinski definition) is 2. The van der Waals surface area contributed by atoms with E-state index >= 15 is 4.39 Å². The van der Waals surface area contributed by atoms with Crippen LogP contribution in [-0.4, -0.2) is 10.9 Å². The number of aromatic nitrogens is 1. The number of ether oxygens (including phenoxy) is 1. The molecule has 0 saturated heterocycles. The van der Waals surface area contributed by atoms with Crippen molar-refractivity contribution in [2.24, 2.45) is 0 Å². The summed E-state index contributed by atoms with van der Waals surface area (Å²) < 4.78 is 20.7. The van der Waals surface area contributed by atoms with Crippen LogP contribution in [0.25, 0.3) is 10.9 Å². The molecule has 32 heavy (non-hydrogen) atoms. The summed E-state index contributed by atoms with van der Waals surface area (Å²) in [4.78, 5) is 15.7. The molecule has 4 aromatic rings. The molecule has 4 rings (SSSR count). The van der Waals surface area contributed by atoms with Gasteiger partial charge in [0.25, 0.3) is 5.91 Å². The van der Waals surface area contributed by atoms with E-state index in [2.05, 4.69) is 10.3 Å². The molecule has 0 aliphatic rings. The molecule has 1 heterocycles. The minimum atomic E-state index is -0.719. The Morgan fingerprint density at radius 1 is 1.19 bits per heavy atom. The number of benzene rings is 3. The second kappa shape index (κ2) is 8.91. The smallest absolute Gasteiger partial charge is 0.267 e. The lowest BCUT2D eigenvalue weighted by Crippen LogP contribution is -2.23. The molecule has 0 aliphatic heterocycles. The van der Waals surface area contributed by atoms with Crippen LogP contribution >= 0.6 is 23.2 Å². The standard InChI is InChI=1S/C24H16Cl2FN3O2/c1-13-3-2-4-15-9-20(30-22(13)15)24(31)29-12-16-5-6-19(26)23(21(16)27)32-18-8-14(11-28)7-17(25)10-18/h2-10,30H,12H2,1H3,(H,29,31). The van der Waals surface area contributed by atoms with Crippen molar-refractivity contribution in [3.05, 3.63) is 92.8 Å². The predicted octanol–water partition coefficient (Wildman–Crippen LogP) is 6.52. The average Bonchev–Trinajstić information content (AvgIpc) is 3.21. The second-order valence-electron chi connectivity index (χ2n) is 7.14. The zero-order valence-corrected chi connectivity index (χ0v) is 18.3. The molecule has 5 nitrogen and oxygen atoms in total. The van der Waals surface area contributed by atoms with Crippen molar-refractivity contribution in [2.45, 2.75) is 13.5 Å². The first-order chi connectivity index (χ1) is 15.4. The van der Waals surface area contributed by atoms with Gasteiger partial charge in [-0.3, -0.25) is 4.79 Å². The number of nitrogens with one attached hydrogen (secondary N) is 2. The van der Waals surface area contributed by atoms with E-state index in [9.17, 15) is 4.79 Å². The fourth-order valence-corrected chi connectivity index (χ4v) is 3.72. The van der Waals surface area contributed by atoms with Gasteiger partial charge in [0.2, 0.25) is 0 Å². The maximum atomic E-state index is 15.1. The Morgan fingerprint density at radius 2 is 2.00 bits per heavy atom. The van der Waals surface area contributed by atoms with Crippen LogP contribution in [0, 0.1) is 24.1 Å². The maximum Gasteiger partial charge on any atom is 0.267 e. The van der Waals surface area contributed by atoms with Crippen molar-refractivity contribution in [3.63, 3.8) is 0 Å². The van der Waals surface area contributed by atoms with E-state index in [-0.39, 0.29) is 45.1 Å². The summed E-state index contributed by atoms with van der Waals surface area (Å²) >= 11 is 12.1. The minimum absolute atomic E-state index is 0.0437. The molecular formula is C24H16Cl2FN3O2. The fourth-order valence-electron chi connectivity index (χ4n) is 3.31. The largest absolute Gasteiger partial charge is 0.453 e. The monoisotopic (exact) mass is 467 g/mol. The van der Waals surface area contributed by atoms with Gasteiger partial charge in [-0.15, -0.1) is 0 Å². The van der Waals surface area contributed by atoms with Crippen molar-refractivity contribution in [1.82, 2.24) is 10.3 Å². The second-order valence-corrected chi connectivity index (χ2v) is 7.99. The van der Waals surface area contributed by atoms with E-state index < -0.39 is 5.82 Å². The molecule has 0 spiro atoms. The third kappa shape index (κ3) is 4.40. The summed E-state index contributed by atoms with van der Waals surface area (Å²) in [6, 6.07) is 16.8. The normalized spacial score (nSPS) is 10.7. The van der Waals surface area contributed by atoms with Crippen LogP contribution in [0.1, 0.15) is 27.2 Å². The van der Waals surface area contributed by atoms with Gasteiger partial charge in [-0.2, -0.15) is 5.26 Å². The molecule has 2 N–H and O–H groups in total. The van der Waals surface area contributed by atoms with Gasteiger partial charge in [0, 0.05) is 28.0 Å². The van der Waals surface area contributed by atoms with Crippen molar-refractivity contribution in [3.8, 4) is 17.6 Å². The number of fused-ring (bicyclic) bond motifs is 1. The van der Waals surface area contributed by atoms with Gasteiger partial charge >= 0.3 is 0 Å². The van der Waals surface area contributed by atoms with E-state index in [1.165, 1.54) is 30.3 Å². The number of nitrogens with zero attached hydrogens (tertiary/aromatic N) is 1. The van der Waals surface area contributed by atoms with Gasteiger partial charge in [0.1, 0.15) is 11.4 Å². The molecule has 0 saturated carbocycles. The van der Waals surface area contributed by atoms with Crippen LogP contribution in [0.15, 0.2) is 54.6 Å². The lowest BCUT2D eigenvalue weighted by molar-refractivity contribution is 0.0946. The average molecular weight is 468 g/mol. The van der Waals surface area contributed by atoms with E-state index in [1.807, 2.05) is 31.2 Å². The van der Waals surface area contributed by atoms with Crippen molar-refractivity contribution in [2.75, 3.05) is 0 Å². The Kier molecular flexibility index (Phi) is 6.04. The summed E-state index contributed by atoms with van der Waals surface area (Å²) in [5.74, 6) is -1.13. The number of H-pyrrole nitrogens is 1. The highest BCUT2D eigenvalue weighted by atomic mass is 35.5. The number of aryl methyl sites for hydroxylation is 1. The van der Waals surface area contributed by atoms with E-state index in [0.29, 0.717) is 5.69 Å². The summed E-state index contributed by atoms with van der Waals surface area (Å²) in [5.41, 5.74) is 2.73. The van der Waals surface area contributed by atoms with Gasteiger partial charge in [-0.1, -0.05) is 47.5 Å². The number of carbonyl (C=O) groups excluding carboxylic acids is 1. The summed E-state index contributed by atoms with van der Waals surface area (Å²) in [6.07, 6.45) is 0. The first-order valence-corrected chi connectivity index (χ1v) is 10.3. The molecule has 8 heteroatoms.